The molecule has 0 bridgehead atoms. The molecule has 2 fully saturated rings. The van der Waals surface area contributed by atoms with Crippen molar-refractivity contribution >= 4 is 5.97 Å². The first-order valence-corrected chi connectivity index (χ1v) is 8.25. The Morgan fingerprint density at radius 2 is 1.82 bits per heavy atom. The number of carbonyl (C=O) groups is 1. The molecular formula is C16H28O6. The second kappa shape index (κ2) is 8.24. The predicted molar refractivity (Wildman–Crippen MR) is 78.8 cm³/mol. The molecule has 128 valence electrons. The van der Waals surface area contributed by atoms with E-state index < -0.39 is 18.3 Å². The number of aliphatic hydroxyl groups excluding tert-OH is 3. The van der Waals surface area contributed by atoms with Crippen molar-refractivity contribution in [1.29, 1.82) is 0 Å². The van der Waals surface area contributed by atoms with Gasteiger partial charge in [0.1, 0.15) is 0 Å². The Balaban J connectivity index is 1.77. The minimum absolute atomic E-state index is 0.205. The van der Waals surface area contributed by atoms with E-state index in [4.69, 9.17) is 9.47 Å². The highest BCUT2D eigenvalue weighted by molar-refractivity contribution is 5.72. The molecule has 0 saturated heterocycles. The molecule has 2 saturated carbocycles. The molecule has 0 heterocycles. The summed E-state index contributed by atoms with van der Waals surface area (Å²) in [6, 6.07) is 0. The van der Waals surface area contributed by atoms with Crippen molar-refractivity contribution in [3.63, 3.8) is 0 Å². The molecule has 0 aliphatic heterocycles. The van der Waals surface area contributed by atoms with Gasteiger partial charge in [-0.15, -0.1) is 0 Å². The number of esters is 1. The van der Waals surface area contributed by atoms with Gasteiger partial charge in [0.25, 0.3) is 0 Å². The molecule has 0 amide bonds. The van der Waals surface area contributed by atoms with Crippen LogP contribution in [0.5, 0.6) is 0 Å². The smallest absolute Gasteiger partial charge is 0.308 e. The number of carbonyl (C=O) groups excluding carboxylic acids is 1. The zero-order valence-corrected chi connectivity index (χ0v) is 13.2. The standard InChI is InChI=1S/C16H28O6/c1-21-16(20)13-8-11(4-7-14(13)18)15(19)22-9-10-2-5-12(17)6-3-10/h10-14,16-18,20H,2-9H2,1H3. The molecule has 4 unspecified atom stereocenters. The van der Waals surface area contributed by atoms with Gasteiger partial charge < -0.3 is 24.8 Å². The summed E-state index contributed by atoms with van der Waals surface area (Å²) in [6.07, 6.45) is 2.88. The number of rotatable bonds is 5. The van der Waals surface area contributed by atoms with Crippen LogP contribution in [-0.4, -0.2) is 53.5 Å². The maximum Gasteiger partial charge on any atom is 0.308 e. The van der Waals surface area contributed by atoms with E-state index in [-0.39, 0.29) is 18.0 Å². The summed E-state index contributed by atoms with van der Waals surface area (Å²) in [5, 5.41) is 29.1. The third-order valence-electron chi connectivity index (χ3n) is 5.08. The van der Waals surface area contributed by atoms with Gasteiger partial charge >= 0.3 is 5.97 Å². The SMILES string of the molecule is COC(O)C1CC(C(=O)OCC2CCC(O)CC2)CCC1O. The summed E-state index contributed by atoms with van der Waals surface area (Å²) in [5.74, 6) is -0.637. The number of aliphatic hydroxyl groups is 3. The van der Waals surface area contributed by atoms with Crippen LogP contribution in [0.1, 0.15) is 44.9 Å². The molecule has 4 atom stereocenters. The Bertz CT molecular complexity index is 349. The van der Waals surface area contributed by atoms with E-state index in [0.29, 0.717) is 31.8 Å². The van der Waals surface area contributed by atoms with Crippen LogP contribution in [0, 0.1) is 17.8 Å². The van der Waals surface area contributed by atoms with E-state index in [1.165, 1.54) is 7.11 Å². The zero-order valence-electron chi connectivity index (χ0n) is 13.2. The molecule has 2 aliphatic rings. The lowest BCUT2D eigenvalue weighted by atomic mass is 9.79. The summed E-state index contributed by atoms with van der Waals surface area (Å²) in [6.45, 7) is 0.405. The third kappa shape index (κ3) is 4.65. The highest BCUT2D eigenvalue weighted by Crippen LogP contribution is 2.33. The normalized spacial score (nSPS) is 37.5. The third-order valence-corrected chi connectivity index (χ3v) is 5.08. The predicted octanol–water partition coefficient (Wildman–Crippen LogP) is 0.823. The van der Waals surface area contributed by atoms with E-state index in [9.17, 15) is 20.1 Å². The van der Waals surface area contributed by atoms with Gasteiger partial charge in [-0.1, -0.05) is 0 Å². The van der Waals surface area contributed by atoms with Gasteiger partial charge in [-0.2, -0.15) is 0 Å². The van der Waals surface area contributed by atoms with E-state index in [1.54, 1.807) is 0 Å². The fourth-order valence-electron chi connectivity index (χ4n) is 3.51. The molecule has 3 N–H and O–H groups in total. The zero-order chi connectivity index (χ0) is 16.1. The van der Waals surface area contributed by atoms with E-state index in [0.717, 1.165) is 25.7 Å². The van der Waals surface area contributed by atoms with Crippen LogP contribution in [0.25, 0.3) is 0 Å². The number of methoxy groups -OCH3 is 1. The second-order valence-corrected chi connectivity index (χ2v) is 6.67. The summed E-state index contributed by atoms with van der Waals surface area (Å²) >= 11 is 0. The molecule has 6 nitrogen and oxygen atoms in total. The Morgan fingerprint density at radius 1 is 1.14 bits per heavy atom. The molecule has 0 radical (unpaired) electrons. The molecule has 0 aromatic rings. The summed E-state index contributed by atoms with van der Waals surface area (Å²) in [7, 11) is 1.39. The maximum atomic E-state index is 12.2. The van der Waals surface area contributed by atoms with Crippen LogP contribution in [0.4, 0.5) is 0 Å². The van der Waals surface area contributed by atoms with Crippen molar-refractivity contribution in [2.24, 2.45) is 17.8 Å². The van der Waals surface area contributed by atoms with Crippen molar-refractivity contribution < 1.29 is 29.6 Å². The van der Waals surface area contributed by atoms with Gasteiger partial charge in [0, 0.05) is 13.0 Å². The van der Waals surface area contributed by atoms with Crippen LogP contribution in [0.3, 0.4) is 0 Å². The Hall–Kier alpha value is -0.690. The highest BCUT2D eigenvalue weighted by atomic mass is 16.6. The van der Waals surface area contributed by atoms with Crippen molar-refractivity contribution in [3.8, 4) is 0 Å². The average Bonchev–Trinajstić information content (AvgIpc) is 2.53. The molecule has 0 aromatic carbocycles. The van der Waals surface area contributed by atoms with Gasteiger partial charge in [0.15, 0.2) is 6.29 Å². The van der Waals surface area contributed by atoms with Crippen LogP contribution in [0.2, 0.25) is 0 Å². The molecule has 6 heteroatoms. The van der Waals surface area contributed by atoms with Gasteiger partial charge in [-0.25, -0.2) is 0 Å². The molecule has 2 aliphatic carbocycles. The number of ether oxygens (including phenoxy) is 2. The fraction of sp³-hybridized carbons (Fsp3) is 0.938. The second-order valence-electron chi connectivity index (χ2n) is 6.67. The first kappa shape index (κ1) is 17.7. The monoisotopic (exact) mass is 316 g/mol. The van der Waals surface area contributed by atoms with Gasteiger partial charge in [-0.3, -0.25) is 4.79 Å². The lowest BCUT2D eigenvalue weighted by Gasteiger charge is -2.34. The summed E-state index contributed by atoms with van der Waals surface area (Å²) < 4.78 is 10.3. The molecule has 2 rings (SSSR count). The molecule has 0 aromatic heterocycles. The Kier molecular flexibility index (Phi) is 6.62. The van der Waals surface area contributed by atoms with Crippen molar-refractivity contribution in [2.45, 2.75) is 63.4 Å². The number of hydrogen-bond acceptors (Lipinski definition) is 6. The highest BCUT2D eigenvalue weighted by Gasteiger charge is 2.38. The average molecular weight is 316 g/mol. The molecule has 22 heavy (non-hydrogen) atoms. The summed E-state index contributed by atoms with van der Waals surface area (Å²) in [4.78, 5) is 12.2. The van der Waals surface area contributed by atoms with Crippen molar-refractivity contribution in [2.75, 3.05) is 13.7 Å². The van der Waals surface area contributed by atoms with Gasteiger partial charge in [-0.05, 0) is 50.9 Å². The van der Waals surface area contributed by atoms with E-state index >= 15 is 0 Å². The van der Waals surface area contributed by atoms with E-state index in [1.807, 2.05) is 0 Å². The fourth-order valence-corrected chi connectivity index (χ4v) is 3.51. The Morgan fingerprint density at radius 3 is 2.45 bits per heavy atom. The topological polar surface area (TPSA) is 96.2 Å². The summed E-state index contributed by atoms with van der Waals surface area (Å²) in [5.41, 5.74) is 0. The minimum atomic E-state index is -1.05. The lowest BCUT2D eigenvalue weighted by Crippen LogP contribution is -2.40. The van der Waals surface area contributed by atoms with Gasteiger partial charge in [0.05, 0.1) is 24.7 Å². The quantitative estimate of drug-likeness (QED) is 0.513. The maximum absolute atomic E-state index is 12.2. The lowest BCUT2D eigenvalue weighted by molar-refractivity contribution is -0.169. The molecule has 0 spiro atoms. The van der Waals surface area contributed by atoms with Crippen LogP contribution in [0.15, 0.2) is 0 Å². The minimum Gasteiger partial charge on any atom is -0.465 e. The number of hydrogen-bond donors (Lipinski definition) is 3. The van der Waals surface area contributed by atoms with Gasteiger partial charge in [0.2, 0.25) is 0 Å². The largest absolute Gasteiger partial charge is 0.465 e. The van der Waals surface area contributed by atoms with Crippen LogP contribution in [-0.2, 0) is 14.3 Å². The van der Waals surface area contributed by atoms with Crippen LogP contribution >= 0.6 is 0 Å². The first-order chi connectivity index (χ1) is 10.5. The van der Waals surface area contributed by atoms with E-state index in [2.05, 4.69) is 0 Å². The first-order valence-electron chi connectivity index (χ1n) is 8.25. The van der Waals surface area contributed by atoms with Crippen molar-refractivity contribution in [3.05, 3.63) is 0 Å². The van der Waals surface area contributed by atoms with Crippen molar-refractivity contribution in [1.82, 2.24) is 0 Å². The molecular weight excluding hydrogens is 288 g/mol. The Labute approximate surface area is 131 Å². The van der Waals surface area contributed by atoms with Crippen LogP contribution < -0.4 is 0 Å².